The van der Waals surface area contributed by atoms with Crippen LogP contribution < -0.4 is 5.32 Å². The Morgan fingerprint density at radius 1 is 1.00 bits per heavy atom. The maximum absolute atomic E-state index is 12.8. The van der Waals surface area contributed by atoms with Gasteiger partial charge in [-0.3, -0.25) is 14.3 Å². The summed E-state index contributed by atoms with van der Waals surface area (Å²) in [7, 11) is 0. The van der Waals surface area contributed by atoms with Crippen molar-refractivity contribution in [2.75, 3.05) is 11.1 Å². The van der Waals surface area contributed by atoms with Crippen molar-refractivity contribution in [3.63, 3.8) is 0 Å². The Kier molecular flexibility index (Phi) is 6.81. The second-order valence-corrected chi connectivity index (χ2v) is 9.84. The van der Waals surface area contributed by atoms with E-state index in [0.717, 1.165) is 16.9 Å². The summed E-state index contributed by atoms with van der Waals surface area (Å²) in [6, 6.07) is 20.9. The van der Waals surface area contributed by atoms with Crippen molar-refractivity contribution in [3.8, 4) is 17.2 Å². The van der Waals surface area contributed by atoms with Crippen LogP contribution in [-0.4, -0.2) is 31.4 Å². The molecule has 0 spiro atoms. The van der Waals surface area contributed by atoms with Gasteiger partial charge in [-0.1, -0.05) is 68.4 Å². The number of carbonyl (C=O) groups is 1. The smallest absolute Gasteiger partial charge is 0.234 e. The summed E-state index contributed by atoms with van der Waals surface area (Å²) in [6.45, 7) is 6.38. The summed E-state index contributed by atoms with van der Waals surface area (Å²) in [4.78, 5) is 17.2. The number of aromatic nitrogens is 4. The molecular weight excluding hydrogens is 454 g/mol. The van der Waals surface area contributed by atoms with Gasteiger partial charge < -0.3 is 5.32 Å². The second-order valence-electron chi connectivity index (χ2n) is 8.47. The first-order valence-corrected chi connectivity index (χ1v) is 11.8. The number of nitrogens with zero attached hydrogens (tertiary/aromatic N) is 4. The molecule has 0 saturated heterocycles. The first-order valence-electron chi connectivity index (χ1n) is 10.5. The van der Waals surface area contributed by atoms with E-state index in [1.165, 1.54) is 11.8 Å². The van der Waals surface area contributed by atoms with Crippen molar-refractivity contribution in [1.82, 2.24) is 19.7 Å². The fourth-order valence-corrected chi connectivity index (χ4v) is 4.29. The van der Waals surface area contributed by atoms with Crippen LogP contribution in [0.3, 0.4) is 0 Å². The quantitative estimate of drug-likeness (QED) is 0.344. The Morgan fingerprint density at radius 2 is 1.73 bits per heavy atom. The lowest BCUT2D eigenvalue weighted by Crippen LogP contribution is -2.20. The lowest BCUT2D eigenvalue weighted by Gasteiger charge is -2.23. The van der Waals surface area contributed by atoms with Crippen molar-refractivity contribution in [2.24, 2.45) is 0 Å². The molecule has 1 amide bonds. The number of halogens is 1. The zero-order chi connectivity index (χ0) is 23.4. The molecule has 2 heterocycles. The van der Waals surface area contributed by atoms with Crippen molar-refractivity contribution >= 4 is 35.0 Å². The molecule has 0 unspecified atom stereocenters. The molecule has 0 fully saturated rings. The highest BCUT2D eigenvalue weighted by Crippen LogP contribution is 2.30. The van der Waals surface area contributed by atoms with E-state index >= 15 is 0 Å². The van der Waals surface area contributed by atoms with E-state index in [1.54, 1.807) is 6.20 Å². The largest absolute Gasteiger partial charge is 0.325 e. The van der Waals surface area contributed by atoms with E-state index < -0.39 is 0 Å². The molecule has 8 heteroatoms. The van der Waals surface area contributed by atoms with Gasteiger partial charge in [0.25, 0.3) is 0 Å². The number of amides is 1. The minimum absolute atomic E-state index is 0.0800. The van der Waals surface area contributed by atoms with Gasteiger partial charge in [0.2, 0.25) is 5.91 Å². The number of para-hydroxylation sites is 1. The van der Waals surface area contributed by atoms with Crippen LogP contribution in [-0.2, 0) is 10.2 Å². The summed E-state index contributed by atoms with van der Waals surface area (Å²) in [5, 5.41) is 13.0. The minimum Gasteiger partial charge on any atom is -0.325 e. The normalized spacial score (nSPS) is 11.4. The molecule has 0 bridgehead atoms. The number of benzene rings is 2. The number of thioether (sulfide) groups is 1. The highest BCUT2D eigenvalue weighted by atomic mass is 35.5. The number of nitrogens with one attached hydrogen (secondary N) is 1. The average molecular weight is 478 g/mol. The zero-order valence-corrected chi connectivity index (χ0v) is 20.2. The molecule has 4 rings (SSSR count). The number of carbonyl (C=O) groups excluding carboxylic acids is 1. The van der Waals surface area contributed by atoms with Gasteiger partial charge in [-0.05, 0) is 53.4 Å². The van der Waals surface area contributed by atoms with Crippen LogP contribution in [0.4, 0.5) is 5.69 Å². The predicted octanol–water partition coefficient (Wildman–Crippen LogP) is 6.01. The van der Waals surface area contributed by atoms with Crippen molar-refractivity contribution in [3.05, 3.63) is 83.5 Å². The van der Waals surface area contributed by atoms with Gasteiger partial charge in [-0.2, -0.15) is 0 Å². The Balaban J connectivity index is 1.58. The lowest BCUT2D eigenvalue weighted by atomic mass is 9.86. The monoisotopic (exact) mass is 477 g/mol. The average Bonchev–Trinajstić information content (AvgIpc) is 3.22. The summed E-state index contributed by atoms with van der Waals surface area (Å²) in [5.41, 5.74) is 3.36. The number of hydrogen-bond acceptors (Lipinski definition) is 5. The first kappa shape index (κ1) is 23.0. The second kappa shape index (κ2) is 9.77. The van der Waals surface area contributed by atoms with Crippen molar-refractivity contribution in [1.29, 1.82) is 0 Å². The minimum atomic E-state index is -0.109. The Morgan fingerprint density at radius 3 is 2.42 bits per heavy atom. The van der Waals surface area contributed by atoms with Gasteiger partial charge in [0.15, 0.2) is 11.0 Å². The molecule has 0 saturated carbocycles. The highest BCUT2D eigenvalue weighted by Gasteiger charge is 2.20. The summed E-state index contributed by atoms with van der Waals surface area (Å²) in [6.07, 6.45) is 1.71. The molecule has 4 aromatic rings. The molecule has 2 aromatic heterocycles. The van der Waals surface area contributed by atoms with Crippen molar-refractivity contribution in [2.45, 2.75) is 31.3 Å². The molecule has 0 aliphatic heterocycles. The molecule has 2 aromatic carbocycles. The van der Waals surface area contributed by atoms with Gasteiger partial charge >= 0.3 is 0 Å². The number of pyridine rings is 1. The maximum Gasteiger partial charge on any atom is 0.234 e. The molecule has 168 valence electrons. The number of hydrogen-bond donors (Lipinski definition) is 1. The van der Waals surface area contributed by atoms with Crippen LogP contribution in [0.2, 0.25) is 5.02 Å². The third-order valence-corrected chi connectivity index (χ3v) is 6.13. The van der Waals surface area contributed by atoms with Crippen LogP contribution in [0.15, 0.2) is 78.1 Å². The fraction of sp³-hybridized carbons (Fsp3) is 0.200. The lowest BCUT2D eigenvalue weighted by molar-refractivity contribution is -0.113. The van der Waals surface area contributed by atoms with E-state index in [1.807, 2.05) is 71.3 Å². The van der Waals surface area contributed by atoms with Crippen LogP contribution in [0, 0.1) is 0 Å². The molecule has 1 N–H and O–H groups in total. The number of anilines is 1. The standard InChI is InChI=1S/C25H24ClN5OS/c1-25(2,3)19-8-4-5-9-20(19)28-22(32)16-33-24-30-29-23(21-10-6-7-15-27-21)31(24)18-13-11-17(26)12-14-18/h4-15H,16H2,1-3H3,(H,28,32). The topological polar surface area (TPSA) is 72.7 Å². The van der Waals surface area contributed by atoms with Crippen LogP contribution in [0.1, 0.15) is 26.3 Å². The molecule has 0 aliphatic carbocycles. The Labute approximate surface area is 202 Å². The van der Waals surface area contributed by atoms with Crippen LogP contribution in [0.25, 0.3) is 17.2 Å². The van der Waals surface area contributed by atoms with Crippen molar-refractivity contribution < 1.29 is 4.79 Å². The molecule has 0 atom stereocenters. The van der Waals surface area contributed by atoms with E-state index in [4.69, 9.17) is 11.6 Å². The van der Waals surface area contributed by atoms with Gasteiger partial charge in [0.05, 0.1) is 5.75 Å². The van der Waals surface area contributed by atoms with Gasteiger partial charge in [0.1, 0.15) is 5.69 Å². The molecule has 0 aliphatic rings. The van der Waals surface area contributed by atoms with E-state index in [2.05, 4.69) is 41.3 Å². The van der Waals surface area contributed by atoms with Gasteiger partial charge in [-0.15, -0.1) is 10.2 Å². The highest BCUT2D eigenvalue weighted by molar-refractivity contribution is 7.99. The van der Waals surface area contributed by atoms with E-state index in [0.29, 0.717) is 21.7 Å². The molecule has 6 nitrogen and oxygen atoms in total. The van der Waals surface area contributed by atoms with Crippen LogP contribution >= 0.6 is 23.4 Å². The summed E-state index contributed by atoms with van der Waals surface area (Å²) in [5.74, 6) is 0.674. The molecular formula is C25H24ClN5OS. The Bertz CT molecular complexity index is 1250. The molecule has 33 heavy (non-hydrogen) atoms. The fourth-order valence-electron chi connectivity index (χ4n) is 3.41. The SMILES string of the molecule is CC(C)(C)c1ccccc1NC(=O)CSc1nnc(-c2ccccn2)n1-c1ccc(Cl)cc1. The summed E-state index contributed by atoms with van der Waals surface area (Å²) >= 11 is 7.40. The number of rotatable bonds is 6. The van der Waals surface area contributed by atoms with Gasteiger partial charge in [-0.25, -0.2) is 0 Å². The molecule has 0 radical (unpaired) electrons. The zero-order valence-electron chi connectivity index (χ0n) is 18.6. The van der Waals surface area contributed by atoms with Gasteiger partial charge in [0, 0.05) is 22.6 Å². The third kappa shape index (κ3) is 5.43. The van der Waals surface area contributed by atoms with Crippen LogP contribution in [0.5, 0.6) is 0 Å². The summed E-state index contributed by atoms with van der Waals surface area (Å²) < 4.78 is 1.89. The predicted molar refractivity (Wildman–Crippen MR) is 134 cm³/mol. The van der Waals surface area contributed by atoms with E-state index in [-0.39, 0.29) is 17.1 Å². The maximum atomic E-state index is 12.8. The Hall–Kier alpha value is -3.16. The third-order valence-electron chi connectivity index (χ3n) is 4.95. The first-order chi connectivity index (χ1) is 15.8. The van der Waals surface area contributed by atoms with E-state index in [9.17, 15) is 4.79 Å².